The molecule has 114 valence electrons. The van der Waals surface area contributed by atoms with Gasteiger partial charge in [-0.15, -0.1) is 12.4 Å². The van der Waals surface area contributed by atoms with Crippen molar-refractivity contribution in [2.45, 2.75) is 24.6 Å². The molecule has 1 unspecified atom stereocenters. The maximum absolute atomic E-state index is 12.4. The molecule has 1 aliphatic rings. The molecule has 0 radical (unpaired) electrons. The number of benzene rings is 1. The molecule has 0 amide bonds. The van der Waals surface area contributed by atoms with Gasteiger partial charge >= 0.3 is 0 Å². The van der Waals surface area contributed by atoms with Crippen molar-refractivity contribution in [1.82, 2.24) is 9.62 Å². The molecule has 1 N–H and O–H groups in total. The number of nitrogens with one attached hydrogen (secondary N) is 1. The number of piperidine rings is 1. The van der Waals surface area contributed by atoms with Crippen molar-refractivity contribution in [3.8, 4) is 0 Å². The van der Waals surface area contributed by atoms with Crippen LogP contribution in [0.5, 0.6) is 0 Å². The van der Waals surface area contributed by atoms with E-state index in [0.717, 1.165) is 12.8 Å². The highest BCUT2D eigenvalue weighted by Crippen LogP contribution is 2.21. The lowest BCUT2D eigenvalue weighted by Crippen LogP contribution is -2.47. The molecule has 0 aliphatic carbocycles. The van der Waals surface area contributed by atoms with Gasteiger partial charge in [0.2, 0.25) is 10.0 Å². The van der Waals surface area contributed by atoms with Crippen LogP contribution in [0.4, 0.5) is 0 Å². The van der Waals surface area contributed by atoms with Crippen LogP contribution in [0.3, 0.4) is 0 Å². The summed E-state index contributed by atoms with van der Waals surface area (Å²) < 4.78 is 26.4. The molecule has 4 nitrogen and oxygen atoms in total. The Morgan fingerprint density at radius 1 is 1.40 bits per heavy atom. The summed E-state index contributed by atoms with van der Waals surface area (Å²) >= 11 is 6.03. The second kappa shape index (κ2) is 7.61. The zero-order valence-electron chi connectivity index (χ0n) is 11.4. The molecule has 0 spiro atoms. The smallest absolute Gasteiger partial charge is 0.218 e. The summed E-state index contributed by atoms with van der Waals surface area (Å²) in [6.07, 6.45) is 1.92. The molecule has 2 rings (SSSR count). The Morgan fingerprint density at radius 2 is 2.10 bits per heavy atom. The Bertz CT molecular complexity index is 537. The first-order valence-corrected chi connectivity index (χ1v) is 8.40. The summed E-state index contributed by atoms with van der Waals surface area (Å²) in [5, 5.41) is 3.66. The largest absolute Gasteiger partial charge is 0.316 e. The normalized spacial score (nSPS) is 20.4. The monoisotopic (exact) mass is 338 g/mol. The third kappa shape index (κ3) is 4.33. The van der Waals surface area contributed by atoms with Crippen molar-refractivity contribution < 1.29 is 8.42 Å². The first-order chi connectivity index (χ1) is 9.03. The number of sulfonamides is 1. The molecule has 1 fully saturated rings. The quantitative estimate of drug-likeness (QED) is 0.916. The molecular formula is C13H20Cl2N2O2S. The standard InChI is InChI=1S/C13H19ClN2O2S.ClH/c1-15-12-6-4-8-16(9-12)19(17,18)10-11-5-2-3-7-13(11)14;/h2-3,5,7,12,15H,4,6,8-10H2,1H3;1H. The van der Waals surface area contributed by atoms with E-state index in [1.807, 2.05) is 13.1 Å². The lowest BCUT2D eigenvalue weighted by molar-refractivity contribution is 0.292. The van der Waals surface area contributed by atoms with Crippen LogP contribution in [-0.4, -0.2) is 38.9 Å². The van der Waals surface area contributed by atoms with Gasteiger partial charge in [-0.1, -0.05) is 29.8 Å². The van der Waals surface area contributed by atoms with Gasteiger partial charge in [0.1, 0.15) is 0 Å². The van der Waals surface area contributed by atoms with Gasteiger partial charge in [-0.05, 0) is 31.5 Å². The summed E-state index contributed by atoms with van der Waals surface area (Å²) in [6, 6.07) is 7.34. The van der Waals surface area contributed by atoms with E-state index in [9.17, 15) is 8.42 Å². The van der Waals surface area contributed by atoms with Crippen LogP contribution in [0.25, 0.3) is 0 Å². The third-order valence-electron chi connectivity index (χ3n) is 3.48. The highest BCUT2D eigenvalue weighted by Gasteiger charge is 2.28. The molecule has 1 aromatic rings. The number of halogens is 2. The number of nitrogens with zero attached hydrogens (tertiary/aromatic N) is 1. The summed E-state index contributed by atoms with van der Waals surface area (Å²) in [5.41, 5.74) is 0.663. The fraction of sp³-hybridized carbons (Fsp3) is 0.538. The van der Waals surface area contributed by atoms with Gasteiger partial charge in [0.15, 0.2) is 0 Å². The van der Waals surface area contributed by atoms with Gasteiger partial charge < -0.3 is 5.32 Å². The molecule has 0 saturated carbocycles. The van der Waals surface area contributed by atoms with Crippen molar-refractivity contribution in [2.75, 3.05) is 20.1 Å². The number of likely N-dealkylation sites (N-methyl/N-ethyl adjacent to an activating group) is 1. The molecule has 20 heavy (non-hydrogen) atoms. The summed E-state index contributed by atoms with van der Waals surface area (Å²) in [5.74, 6) is -0.0247. The molecule has 1 atom stereocenters. The number of hydrogen-bond donors (Lipinski definition) is 1. The molecule has 7 heteroatoms. The van der Waals surface area contributed by atoms with Crippen LogP contribution in [0.1, 0.15) is 18.4 Å². The van der Waals surface area contributed by atoms with Crippen molar-refractivity contribution >= 4 is 34.0 Å². The van der Waals surface area contributed by atoms with E-state index in [0.29, 0.717) is 23.7 Å². The Kier molecular flexibility index (Phi) is 6.75. The van der Waals surface area contributed by atoms with Crippen LogP contribution in [0.2, 0.25) is 5.02 Å². The Morgan fingerprint density at radius 3 is 2.75 bits per heavy atom. The zero-order valence-corrected chi connectivity index (χ0v) is 13.8. The van der Waals surface area contributed by atoms with Crippen molar-refractivity contribution in [2.24, 2.45) is 0 Å². The Labute approximate surface area is 132 Å². The van der Waals surface area contributed by atoms with E-state index >= 15 is 0 Å². The van der Waals surface area contributed by atoms with Crippen LogP contribution < -0.4 is 5.32 Å². The highest BCUT2D eigenvalue weighted by molar-refractivity contribution is 7.88. The predicted molar refractivity (Wildman–Crippen MR) is 85.0 cm³/mol. The van der Waals surface area contributed by atoms with E-state index in [1.165, 1.54) is 0 Å². The van der Waals surface area contributed by atoms with Crippen molar-refractivity contribution in [3.63, 3.8) is 0 Å². The van der Waals surface area contributed by atoms with Crippen LogP contribution in [-0.2, 0) is 15.8 Å². The summed E-state index contributed by atoms with van der Waals surface area (Å²) in [7, 11) is -1.42. The minimum absolute atomic E-state index is 0. The van der Waals surface area contributed by atoms with Gasteiger partial charge in [0.05, 0.1) is 5.75 Å². The minimum atomic E-state index is -3.29. The summed E-state index contributed by atoms with van der Waals surface area (Å²) in [4.78, 5) is 0. The van der Waals surface area contributed by atoms with Crippen LogP contribution in [0.15, 0.2) is 24.3 Å². The molecule has 1 saturated heterocycles. The van der Waals surface area contributed by atoms with E-state index in [1.54, 1.807) is 22.5 Å². The van der Waals surface area contributed by atoms with Gasteiger partial charge in [-0.3, -0.25) is 0 Å². The molecule has 0 bridgehead atoms. The van der Waals surface area contributed by atoms with Crippen LogP contribution in [0, 0.1) is 0 Å². The maximum Gasteiger partial charge on any atom is 0.218 e. The fourth-order valence-corrected chi connectivity index (χ4v) is 4.26. The highest BCUT2D eigenvalue weighted by atomic mass is 35.5. The second-order valence-electron chi connectivity index (χ2n) is 4.83. The average Bonchev–Trinajstić information content (AvgIpc) is 2.41. The molecule has 1 aliphatic heterocycles. The topological polar surface area (TPSA) is 49.4 Å². The Hall–Kier alpha value is -0.330. The molecule has 0 aromatic heterocycles. The van der Waals surface area contributed by atoms with Gasteiger partial charge in [0.25, 0.3) is 0 Å². The van der Waals surface area contributed by atoms with E-state index < -0.39 is 10.0 Å². The van der Waals surface area contributed by atoms with Gasteiger partial charge in [-0.2, -0.15) is 0 Å². The third-order valence-corrected chi connectivity index (χ3v) is 5.64. The fourth-order valence-electron chi connectivity index (χ4n) is 2.33. The van der Waals surface area contributed by atoms with E-state index in [-0.39, 0.29) is 24.2 Å². The molecule has 1 aromatic carbocycles. The predicted octanol–water partition coefficient (Wildman–Crippen LogP) is 2.28. The lowest BCUT2D eigenvalue weighted by atomic mass is 10.1. The zero-order chi connectivity index (χ0) is 13.9. The minimum Gasteiger partial charge on any atom is -0.316 e. The molecule has 1 heterocycles. The maximum atomic E-state index is 12.4. The first kappa shape index (κ1) is 17.7. The molecular weight excluding hydrogens is 319 g/mol. The second-order valence-corrected chi connectivity index (χ2v) is 7.21. The first-order valence-electron chi connectivity index (χ1n) is 6.41. The lowest BCUT2D eigenvalue weighted by Gasteiger charge is -2.31. The van der Waals surface area contributed by atoms with Crippen LogP contribution >= 0.6 is 24.0 Å². The van der Waals surface area contributed by atoms with E-state index in [2.05, 4.69) is 5.32 Å². The summed E-state index contributed by atoms with van der Waals surface area (Å²) in [6.45, 7) is 1.15. The van der Waals surface area contributed by atoms with Gasteiger partial charge in [0, 0.05) is 24.2 Å². The SMILES string of the molecule is CNC1CCCN(S(=O)(=O)Cc2ccccc2Cl)C1.Cl. The van der Waals surface area contributed by atoms with Gasteiger partial charge in [-0.25, -0.2) is 12.7 Å². The van der Waals surface area contributed by atoms with Crippen molar-refractivity contribution in [1.29, 1.82) is 0 Å². The average molecular weight is 339 g/mol. The number of hydrogen-bond acceptors (Lipinski definition) is 3. The van der Waals surface area contributed by atoms with Crippen molar-refractivity contribution in [3.05, 3.63) is 34.9 Å². The van der Waals surface area contributed by atoms with E-state index in [4.69, 9.17) is 11.6 Å². The number of rotatable bonds is 4. The Balaban J connectivity index is 0.00000200.